The monoisotopic (exact) mass is 345 g/mol. The van der Waals surface area contributed by atoms with Crippen LogP contribution >= 0.6 is 0 Å². The molecule has 2 heterocycles. The van der Waals surface area contributed by atoms with Gasteiger partial charge in [0.2, 0.25) is 0 Å². The smallest absolute Gasteiger partial charge is 0.124 e. The first-order chi connectivity index (χ1) is 12.1. The fraction of sp³-hybridized carbons (Fsp3) is 0.526. The van der Waals surface area contributed by atoms with Crippen molar-refractivity contribution in [2.75, 3.05) is 27.3 Å². The van der Waals surface area contributed by atoms with E-state index in [1.54, 1.807) is 14.2 Å². The van der Waals surface area contributed by atoms with Crippen molar-refractivity contribution in [1.82, 2.24) is 14.7 Å². The normalized spacial score (nSPS) is 19.1. The first-order valence-corrected chi connectivity index (χ1v) is 8.74. The molecule has 0 spiro atoms. The molecule has 1 fully saturated rings. The second-order valence-electron chi connectivity index (χ2n) is 6.65. The van der Waals surface area contributed by atoms with E-state index in [2.05, 4.69) is 23.1 Å². The third-order valence-electron chi connectivity index (χ3n) is 4.86. The second-order valence-corrected chi connectivity index (χ2v) is 6.65. The number of aryl methyl sites for hydroxylation is 1. The van der Waals surface area contributed by atoms with Gasteiger partial charge in [-0.25, -0.2) is 0 Å². The molecule has 136 valence electrons. The van der Waals surface area contributed by atoms with E-state index in [0.29, 0.717) is 18.3 Å². The average molecular weight is 345 g/mol. The zero-order valence-electron chi connectivity index (χ0n) is 15.2. The molecule has 2 aromatic rings. The Kier molecular flexibility index (Phi) is 5.60. The van der Waals surface area contributed by atoms with Gasteiger partial charge in [-0.05, 0) is 50.1 Å². The molecule has 0 unspecified atom stereocenters. The van der Waals surface area contributed by atoms with Crippen LogP contribution in [-0.4, -0.2) is 53.1 Å². The molecular weight excluding hydrogens is 318 g/mol. The molecule has 1 saturated heterocycles. The largest absolute Gasteiger partial charge is 0.497 e. The summed E-state index contributed by atoms with van der Waals surface area (Å²) in [6, 6.07) is 5.93. The summed E-state index contributed by atoms with van der Waals surface area (Å²) < 4.78 is 12.7. The van der Waals surface area contributed by atoms with Crippen LogP contribution in [0.5, 0.6) is 11.5 Å². The lowest BCUT2D eigenvalue weighted by Crippen LogP contribution is -2.36. The number of nitrogens with zero attached hydrogens (tertiary/aromatic N) is 3. The molecule has 0 radical (unpaired) electrons. The maximum Gasteiger partial charge on any atom is 0.124 e. The van der Waals surface area contributed by atoms with Gasteiger partial charge in [-0.3, -0.25) is 9.58 Å². The van der Waals surface area contributed by atoms with Crippen molar-refractivity contribution in [3.8, 4) is 11.5 Å². The van der Waals surface area contributed by atoms with Crippen LogP contribution in [0.2, 0.25) is 0 Å². The highest BCUT2D eigenvalue weighted by molar-refractivity contribution is 5.41. The van der Waals surface area contributed by atoms with Crippen molar-refractivity contribution in [2.45, 2.75) is 38.5 Å². The Balaban J connectivity index is 1.70. The van der Waals surface area contributed by atoms with Gasteiger partial charge in [0, 0.05) is 24.3 Å². The Labute approximate surface area is 149 Å². The van der Waals surface area contributed by atoms with Crippen LogP contribution in [0.1, 0.15) is 30.1 Å². The van der Waals surface area contributed by atoms with Crippen LogP contribution in [0.4, 0.5) is 0 Å². The Bertz CT molecular complexity index is 701. The van der Waals surface area contributed by atoms with Gasteiger partial charge in [0.05, 0.1) is 33.1 Å². The van der Waals surface area contributed by atoms with Gasteiger partial charge in [-0.15, -0.1) is 0 Å². The Morgan fingerprint density at radius 3 is 2.84 bits per heavy atom. The molecule has 0 saturated carbocycles. The van der Waals surface area contributed by atoms with Gasteiger partial charge in [0.25, 0.3) is 0 Å². The van der Waals surface area contributed by atoms with Crippen molar-refractivity contribution < 1.29 is 14.6 Å². The van der Waals surface area contributed by atoms with E-state index in [9.17, 15) is 5.11 Å². The van der Waals surface area contributed by atoms with Crippen LogP contribution in [0.3, 0.4) is 0 Å². The van der Waals surface area contributed by atoms with Gasteiger partial charge >= 0.3 is 0 Å². The zero-order chi connectivity index (χ0) is 17.8. The summed E-state index contributed by atoms with van der Waals surface area (Å²) in [5.41, 5.74) is 1.94. The molecule has 1 aliphatic rings. The average Bonchev–Trinajstić information content (AvgIpc) is 3.23. The first-order valence-electron chi connectivity index (χ1n) is 8.74. The highest BCUT2D eigenvalue weighted by Gasteiger charge is 2.28. The SMILES string of the molecule is COc1ccc(OC)c([C@@H](O)CN2CCC[C@H]2Cn2cc(C)cn2)c1. The van der Waals surface area contributed by atoms with E-state index in [1.807, 2.05) is 29.1 Å². The summed E-state index contributed by atoms with van der Waals surface area (Å²) in [5, 5.41) is 15.2. The van der Waals surface area contributed by atoms with Gasteiger partial charge in [-0.1, -0.05) is 0 Å². The maximum absolute atomic E-state index is 10.8. The molecular formula is C19H27N3O3. The number of aromatic nitrogens is 2. The predicted molar refractivity (Wildman–Crippen MR) is 96.1 cm³/mol. The lowest BCUT2D eigenvalue weighted by atomic mass is 10.1. The van der Waals surface area contributed by atoms with Gasteiger partial charge < -0.3 is 14.6 Å². The van der Waals surface area contributed by atoms with Crippen molar-refractivity contribution in [1.29, 1.82) is 0 Å². The predicted octanol–water partition coefficient (Wildman–Crippen LogP) is 2.41. The molecule has 6 heteroatoms. The van der Waals surface area contributed by atoms with Gasteiger partial charge in [0.1, 0.15) is 11.5 Å². The lowest BCUT2D eigenvalue weighted by molar-refractivity contribution is 0.0982. The van der Waals surface area contributed by atoms with Crippen LogP contribution in [0.15, 0.2) is 30.6 Å². The minimum absolute atomic E-state index is 0.394. The van der Waals surface area contributed by atoms with E-state index < -0.39 is 6.10 Å². The minimum Gasteiger partial charge on any atom is -0.497 e. The number of aliphatic hydroxyl groups is 1. The van der Waals surface area contributed by atoms with Crippen LogP contribution in [-0.2, 0) is 6.54 Å². The van der Waals surface area contributed by atoms with Gasteiger partial charge in [0.15, 0.2) is 0 Å². The number of methoxy groups -OCH3 is 2. The van der Waals surface area contributed by atoms with E-state index in [1.165, 1.54) is 5.56 Å². The summed E-state index contributed by atoms with van der Waals surface area (Å²) in [6.45, 7) is 4.48. The summed E-state index contributed by atoms with van der Waals surface area (Å²) in [7, 11) is 3.25. The summed E-state index contributed by atoms with van der Waals surface area (Å²) in [5.74, 6) is 1.41. The summed E-state index contributed by atoms with van der Waals surface area (Å²) in [4.78, 5) is 2.35. The number of hydrogen-bond donors (Lipinski definition) is 1. The zero-order valence-corrected chi connectivity index (χ0v) is 15.2. The van der Waals surface area contributed by atoms with Gasteiger partial charge in [-0.2, -0.15) is 5.10 Å². The molecule has 0 bridgehead atoms. The van der Waals surface area contributed by atoms with Crippen LogP contribution in [0.25, 0.3) is 0 Å². The highest BCUT2D eigenvalue weighted by atomic mass is 16.5. The molecule has 1 aromatic heterocycles. The number of benzene rings is 1. The van der Waals surface area contributed by atoms with Crippen molar-refractivity contribution in [3.05, 3.63) is 41.7 Å². The molecule has 3 rings (SSSR count). The van der Waals surface area contributed by atoms with E-state index in [-0.39, 0.29) is 0 Å². The molecule has 2 atom stereocenters. The highest BCUT2D eigenvalue weighted by Crippen LogP contribution is 2.31. The number of aliphatic hydroxyl groups excluding tert-OH is 1. The summed E-state index contributed by atoms with van der Waals surface area (Å²) >= 11 is 0. The number of ether oxygens (including phenoxy) is 2. The topological polar surface area (TPSA) is 59.8 Å². The molecule has 1 aromatic carbocycles. The summed E-state index contributed by atoms with van der Waals surface area (Å²) in [6.07, 6.45) is 5.60. The number of likely N-dealkylation sites (tertiary alicyclic amines) is 1. The number of hydrogen-bond acceptors (Lipinski definition) is 5. The van der Waals surface area contributed by atoms with E-state index in [0.717, 1.165) is 37.2 Å². The molecule has 25 heavy (non-hydrogen) atoms. The standard InChI is InChI=1S/C19H27N3O3/c1-14-10-20-22(11-14)12-15-5-4-8-21(15)13-18(23)17-9-16(24-2)6-7-19(17)25-3/h6-7,9-11,15,18,23H,4-5,8,12-13H2,1-3H3/t15-,18-/m0/s1. The molecule has 0 aliphatic carbocycles. The first kappa shape index (κ1) is 17.8. The Morgan fingerprint density at radius 2 is 2.16 bits per heavy atom. The Morgan fingerprint density at radius 1 is 1.32 bits per heavy atom. The minimum atomic E-state index is -0.620. The van der Waals surface area contributed by atoms with Crippen LogP contribution < -0.4 is 9.47 Å². The second kappa shape index (κ2) is 7.89. The fourth-order valence-corrected chi connectivity index (χ4v) is 3.55. The van der Waals surface area contributed by atoms with E-state index in [4.69, 9.17) is 9.47 Å². The number of rotatable bonds is 7. The molecule has 0 amide bonds. The van der Waals surface area contributed by atoms with Crippen molar-refractivity contribution in [2.24, 2.45) is 0 Å². The van der Waals surface area contributed by atoms with E-state index >= 15 is 0 Å². The Hall–Kier alpha value is -2.05. The maximum atomic E-state index is 10.8. The third-order valence-corrected chi connectivity index (χ3v) is 4.86. The van der Waals surface area contributed by atoms with Crippen molar-refractivity contribution in [3.63, 3.8) is 0 Å². The lowest BCUT2D eigenvalue weighted by Gasteiger charge is -2.27. The molecule has 1 aliphatic heterocycles. The fourth-order valence-electron chi connectivity index (χ4n) is 3.55. The quantitative estimate of drug-likeness (QED) is 0.835. The van der Waals surface area contributed by atoms with Crippen LogP contribution in [0, 0.1) is 6.92 Å². The molecule has 6 nitrogen and oxygen atoms in total. The third kappa shape index (κ3) is 4.14. The van der Waals surface area contributed by atoms with Crippen molar-refractivity contribution >= 4 is 0 Å². The number of β-amino-alcohol motifs (C(OH)–C–C–N with tert-alkyl or cyclic N) is 1. The molecule has 1 N–H and O–H groups in total.